The zero-order valence-electron chi connectivity index (χ0n) is 18.8. The number of carbonyl (C=O) groups is 1. The molecule has 2 atom stereocenters. The van der Waals surface area contributed by atoms with Gasteiger partial charge in [0.2, 0.25) is 15.9 Å². The lowest BCUT2D eigenvalue weighted by molar-refractivity contribution is -0.126. The average Bonchev–Trinajstić information content (AvgIpc) is 2.80. The summed E-state index contributed by atoms with van der Waals surface area (Å²) in [6, 6.07) is 11.2. The molecule has 1 amide bonds. The molecule has 1 fully saturated rings. The molecule has 0 spiro atoms. The fourth-order valence-electron chi connectivity index (χ4n) is 4.77. The maximum Gasteiger partial charge on any atom is 0.224 e. The van der Waals surface area contributed by atoms with Gasteiger partial charge in [0.15, 0.2) is 0 Å². The number of nitrogens with one attached hydrogen (secondary N) is 1. The number of rotatable bonds is 6. The van der Waals surface area contributed by atoms with Crippen LogP contribution in [0.5, 0.6) is 0 Å². The van der Waals surface area contributed by atoms with E-state index in [-0.39, 0.29) is 30.2 Å². The number of halogens is 2. The molecular formula is C25H30Cl2N2O3S. The second kappa shape index (κ2) is 10.3. The Labute approximate surface area is 206 Å². The first kappa shape index (κ1) is 24.5. The van der Waals surface area contributed by atoms with Crippen LogP contribution in [0.4, 0.5) is 0 Å². The summed E-state index contributed by atoms with van der Waals surface area (Å²) in [5, 5.41) is 3.91. The molecule has 33 heavy (non-hydrogen) atoms. The van der Waals surface area contributed by atoms with Gasteiger partial charge >= 0.3 is 0 Å². The predicted octanol–water partition coefficient (Wildman–Crippen LogP) is 5.29. The second-order valence-corrected chi connectivity index (χ2v) is 12.0. The standard InChI is InChI=1S/C25H30Cl2N2O3S/c1-17(19-9-8-18-5-2-3-6-20(18)13-19)28-25(30)21-7-4-12-29(15-21)33(31,32)16-22-10-11-23(26)14-24(22)27/h8-11,13-14,17,21H,2-7,12,15-16H2,1H3,(H,28,30)/t17-,21-/m1/s1. The van der Waals surface area contributed by atoms with Gasteiger partial charge in [0.25, 0.3) is 0 Å². The Morgan fingerprint density at radius 1 is 1.09 bits per heavy atom. The summed E-state index contributed by atoms with van der Waals surface area (Å²) in [5.41, 5.74) is 4.41. The molecule has 1 saturated heterocycles. The van der Waals surface area contributed by atoms with Gasteiger partial charge in [0.1, 0.15) is 0 Å². The van der Waals surface area contributed by atoms with Crippen molar-refractivity contribution in [2.24, 2.45) is 5.92 Å². The second-order valence-electron chi connectivity index (χ2n) is 9.15. The van der Waals surface area contributed by atoms with Crippen molar-refractivity contribution >= 4 is 39.1 Å². The molecule has 8 heteroatoms. The van der Waals surface area contributed by atoms with Gasteiger partial charge in [-0.15, -0.1) is 0 Å². The zero-order chi connectivity index (χ0) is 23.6. The molecule has 1 heterocycles. The molecule has 2 aromatic carbocycles. The first-order valence-corrected chi connectivity index (χ1v) is 13.9. The fourth-order valence-corrected chi connectivity index (χ4v) is 6.97. The number of hydrogen-bond donors (Lipinski definition) is 1. The first-order chi connectivity index (χ1) is 15.7. The van der Waals surface area contributed by atoms with Crippen molar-refractivity contribution in [1.82, 2.24) is 9.62 Å². The van der Waals surface area contributed by atoms with Crippen LogP contribution in [-0.2, 0) is 33.4 Å². The van der Waals surface area contributed by atoms with Gasteiger partial charge in [-0.25, -0.2) is 12.7 Å². The third-order valence-corrected chi connectivity index (χ3v) is 9.11. The lowest BCUT2D eigenvalue weighted by Gasteiger charge is -2.32. The quantitative estimate of drug-likeness (QED) is 0.576. The van der Waals surface area contributed by atoms with Crippen LogP contribution in [0.2, 0.25) is 10.0 Å². The molecule has 0 aromatic heterocycles. The molecular weight excluding hydrogens is 479 g/mol. The van der Waals surface area contributed by atoms with E-state index in [0.29, 0.717) is 35.0 Å². The predicted molar refractivity (Wildman–Crippen MR) is 133 cm³/mol. The van der Waals surface area contributed by atoms with Crippen molar-refractivity contribution in [1.29, 1.82) is 0 Å². The number of aryl methyl sites for hydroxylation is 2. The van der Waals surface area contributed by atoms with E-state index < -0.39 is 10.0 Å². The highest BCUT2D eigenvalue weighted by Gasteiger charge is 2.33. The molecule has 0 unspecified atom stereocenters. The number of amides is 1. The molecule has 0 saturated carbocycles. The Morgan fingerprint density at radius 3 is 2.61 bits per heavy atom. The summed E-state index contributed by atoms with van der Waals surface area (Å²) in [6.45, 7) is 2.59. The summed E-state index contributed by atoms with van der Waals surface area (Å²) in [6.07, 6.45) is 6.00. The molecule has 0 radical (unpaired) electrons. The summed E-state index contributed by atoms with van der Waals surface area (Å²) in [7, 11) is -3.60. The van der Waals surface area contributed by atoms with Crippen LogP contribution >= 0.6 is 23.2 Å². The van der Waals surface area contributed by atoms with Crippen LogP contribution in [0.1, 0.15) is 60.9 Å². The molecule has 1 aliphatic carbocycles. The third-order valence-electron chi connectivity index (χ3n) is 6.73. The highest BCUT2D eigenvalue weighted by molar-refractivity contribution is 7.88. The SMILES string of the molecule is C[C@@H](NC(=O)[C@@H]1CCCN(S(=O)(=O)Cc2ccc(Cl)cc2Cl)C1)c1ccc2c(c1)CCCC2. The first-order valence-electron chi connectivity index (χ1n) is 11.6. The maximum absolute atomic E-state index is 13.0. The largest absolute Gasteiger partial charge is 0.349 e. The van der Waals surface area contributed by atoms with Gasteiger partial charge < -0.3 is 5.32 Å². The fraction of sp³-hybridized carbons (Fsp3) is 0.480. The van der Waals surface area contributed by atoms with E-state index in [2.05, 4.69) is 23.5 Å². The highest BCUT2D eigenvalue weighted by Crippen LogP contribution is 2.28. The molecule has 2 aromatic rings. The Balaban J connectivity index is 1.39. The van der Waals surface area contributed by atoms with E-state index in [1.165, 1.54) is 28.3 Å². The van der Waals surface area contributed by atoms with Gasteiger partial charge in [-0.1, -0.05) is 47.5 Å². The van der Waals surface area contributed by atoms with Gasteiger partial charge in [0.05, 0.1) is 17.7 Å². The molecule has 5 nitrogen and oxygen atoms in total. The van der Waals surface area contributed by atoms with Crippen molar-refractivity contribution < 1.29 is 13.2 Å². The van der Waals surface area contributed by atoms with E-state index in [9.17, 15) is 13.2 Å². The Bertz CT molecular complexity index is 1140. The number of hydrogen-bond acceptors (Lipinski definition) is 3. The van der Waals surface area contributed by atoms with Crippen LogP contribution in [0.25, 0.3) is 0 Å². The lowest BCUT2D eigenvalue weighted by Crippen LogP contribution is -2.46. The monoisotopic (exact) mass is 508 g/mol. The van der Waals surface area contributed by atoms with Crippen molar-refractivity contribution in [2.75, 3.05) is 13.1 Å². The van der Waals surface area contributed by atoms with Crippen LogP contribution in [0, 0.1) is 5.92 Å². The van der Waals surface area contributed by atoms with Crippen LogP contribution < -0.4 is 5.32 Å². The number of fused-ring (bicyclic) bond motifs is 1. The number of carbonyl (C=O) groups excluding carboxylic acids is 1. The van der Waals surface area contributed by atoms with Gasteiger partial charge in [0, 0.05) is 23.1 Å². The minimum atomic E-state index is -3.60. The molecule has 0 bridgehead atoms. The van der Waals surface area contributed by atoms with Crippen molar-refractivity contribution in [3.8, 4) is 0 Å². The smallest absolute Gasteiger partial charge is 0.224 e. The van der Waals surface area contributed by atoms with Gasteiger partial charge in [-0.3, -0.25) is 4.79 Å². The molecule has 1 aliphatic heterocycles. The average molecular weight is 509 g/mol. The van der Waals surface area contributed by atoms with Crippen LogP contribution in [-0.4, -0.2) is 31.7 Å². The molecule has 1 N–H and O–H groups in total. The Morgan fingerprint density at radius 2 is 1.85 bits per heavy atom. The third kappa shape index (κ3) is 5.91. The van der Waals surface area contributed by atoms with Crippen LogP contribution in [0.3, 0.4) is 0 Å². The summed E-state index contributed by atoms with van der Waals surface area (Å²) < 4.78 is 27.5. The molecule has 4 rings (SSSR count). The van der Waals surface area contributed by atoms with E-state index in [4.69, 9.17) is 23.2 Å². The van der Waals surface area contributed by atoms with Crippen molar-refractivity contribution in [3.05, 3.63) is 68.7 Å². The number of nitrogens with zero attached hydrogens (tertiary/aromatic N) is 1. The minimum Gasteiger partial charge on any atom is -0.349 e. The molecule has 2 aliphatic rings. The van der Waals surface area contributed by atoms with E-state index in [1.54, 1.807) is 18.2 Å². The highest BCUT2D eigenvalue weighted by atomic mass is 35.5. The minimum absolute atomic E-state index is 0.0929. The molecule has 178 valence electrons. The zero-order valence-corrected chi connectivity index (χ0v) is 21.1. The van der Waals surface area contributed by atoms with Gasteiger partial charge in [-0.05, 0) is 79.8 Å². The Hall–Kier alpha value is -1.60. The lowest BCUT2D eigenvalue weighted by atomic mass is 9.89. The van der Waals surface area contributed by atoms with E-state index >= 15 is 0 Å². The van der Waals surface area contributed by atoms with Gasteiger partial charge in [-0.2, -0.15) is 0 Å². The summed E-state index contributed by atoms with van der Waals surface area (Å²) in [4.78, 5) is 13.0. The topological polar surface area (TPSA) is 66.5 Å². The summed E-state index contributed by atoms with van der Waals surface area (Å²) >= 11 is 12.1. The summed E-state index contributed by atoms with van der Waals surface area (Å²) in [5.74, 6) is -0.665. The van der Waals surface area contributed by atoms with Crippen molar-refractivity contribution in [2.45, 2.75) is 57.2 Å². The number of benzene rings is 2. The van der Waals surface area contributed by atoms with E-state index in [1.807, 2.05) is 6.92 Å². The number of sulfonamides is 1. The maximum atomic E-state index is 13.0. The van der Waals surface area contributed by atoms with Crippen molar-refractivity contribution in [3.63, 3.8) is 0 Å². The van der Waals surface area contributed by atoms with Crippen LogP contribution in [0.15, 0.2) is 36.4 Å². The normalized spacial score (nSPS) is 20.2. The Kier molecular flexibility index (Phi) is 7.69. The number of piperidine rings is 1. The van der Waals surface area contributed by atoms with E-state index in [0.717, 1.165) is 18.4 Å².